The van der Waals surface area contributed by atoms with Crippen LogP contribution in [0.1, 0.15) is 26.7 Å². The van der Waals surface area contributed by atoms with E-state index in [1.807, 2.05) is 6.92 Å². The fourth-order valence-corrected chi connectivity index (χ4v) is 3.36. The lowest BCUT2D eigenvalue weighted by atomic mass is 10.3. The lowest BCUT2D eigenvalue weighted by molar-refractivity contribution is 0.576. The first-order valence-corrected chi connectivity index (χ1v) is 7.11. The van der Waals surface area contributed by atoms with Crippen LogP contribution in [0, 0.1) is 0 Å². The zero-order valence-corrected chi connectivity index (χ0v) is 11.0. The molecule has 5 heteroatoms. The third-order valence-electron chi connectivity index (χ3n) is 2.50. The van der Waals surface area contributed by atoms with Crippen molar-refractivity contribution in [2.24, 2.45) is 0 Å². The van der Waals surface area contributed by atoms with Crippen molar-refractivity contribution >= 4 is 27.1 Å². The Balaban J connectivity index is 3.17. The van der Waals surface area contributed by atoms with Gasteiger partial charge >= 0.3 is 0 Å². The SMILES string of the molecule is CCCC(C)S(=O)(=O)c1ccc(Cl)cc1N. The molecule has 0 bridgehead atoms. The lowest BCUT2D eigenvalue weighted by Gasteiger charge is -2.13. The molecule has 0 aliphatic carbocycles. The van der Waals surface area contributed by atoms with E-state index in [9.17, 15) is 8.42 Å². The molecule has 1 atom stereocenters. The first-order chi connectivity index (χ1) is 7.39. The number of rotatable bonds is 4. The molecule has 0 saturated heterocycles. The normalized spacial score (nSPS) is 13.7. The Labute approximate surface area is 102 Å². The Kier molecular flexibility index (Phi) is 4.21. The average Bonchev–Trinajstić information content (AvgIpc) is 2.17. The van der Waals surface area contributed by atoms with E-state index in [1.165, 1.54) is 12.1 Å². The third kappa shape index (κ3) is 2.68. The van der Waals surface area contributed by atoms with Gasteiger partial charge in [0.15, 0.2) is 9.84 Å². The molecule has 0 spiro atoms. The van der Waals surface area contributed by atoms with Crippen LogP contribution in [0.25, 0.3) is 0 Å². The molecule has 16 heavy (non-hydrogen) atoms. The van der Waals surface area contributed by atoms with E-state index in [0.29, 0.717) is 11.4 Å². The number of nitrogen functional groups attached to an aromatic ring is 1. The zero-order chi connectivity index (χ0) is 12.3. The van der Waals surface area contributed by atoms with Crippen molar-refractivity contribution in [1.82, 2.24) is 0 Å². The highest BCUT2D eigenvalue weighted by Gasteiger charge is 2.24. The number of nitrogens with two attached hydrogens (primary N) is 1. The molecule has 1 aromatic carbocycles. The molecular formula is C11H16ClNO2S. The summed E-state index contributed by atoms with van der Waals surface area (Å²) in [6.07, 6.45) is 1.46. The van der Waals surface area contributed by atoms with E-state index in [4.69, 9.17) is 17.3 Å². The lowest BCUT2D eigenvalue weighted by Crippen LogP contribution is -2.18. The Morgan fingerprint density at radius 1 is 1.44 bits per heavy atom. The highest BCUT2D eigenvalue weighted by Crippen LogP contribution is 2.27. The van der Waals surface area contributed by atoms with Crippen LogP contribution in [0.4, 0.5) is 5.69 Å². The van der Waals surface area contributed by atoms with Crippen molar-refractivity contribution in [2.75, 3.05) is 5.73 Å². The second-order valence-electron chi connectivity index (χ2n) is 3.83. The van der Waals surface area contributed by atoms with Gasteiger partial charge in [-0.15, -0.1) is 0 Å². The van der Waals surface area contributed by atoms with Crippen LogP contribution >= 0.6 is 11.6 Å². The van der Waals surface area contributed by atoms with Gasteiger partial charge in [0.1, 0.15) is 0 Å². The van der Waals surface area contributed by atoms with Crippen LogP contribution in [-0.4, -0.2) is 13.7 Å². The average molecular weight is 262 g/mol. The molecule has 0 amide bonds. The van der Waals surface area contributed by atoms with Gasteiger partial charge in [-0.25, -0.2) is 8.42 Å². The number of benzene rings is 1. The molecule has 1 rings (SSSR count). The summed E-state index contributed by atoms with van der Waals surface area (Å²) in [6.45, 7) is 3.66. The summed E-state index contributed by atoms with van der Waals surface area (Å²) in [5, 5.41) is 0.0283. The zero-order valence-electron chi connectivity index (χ0n) is 9.40. The van der Waals surface area contributed by atoms with E-state index in [2.05, 4.69) is 0 Å². The Morgan fingerprint density at radius 2 is 2.06 bits per heavy atom. The van der Waals surface area contributed by atoms with Gasteiger partial charge in [-0.05, 0) is 31.5 Å². The molecule has 1 aromatic rings. The molecule has 1 unspecified atom stereocenters. The van der Waals surface area contributed by atoms with Crippen LogP contribution < -0.4 is 5.73 Å². The quantitative estimate of drug-likeness (QED) is 0.848. The van der Waals surface area contributed by atoms with E-state index >= 15 is 0 Å². The van der Waals surface area contributed by atoms with Gasteiger partial charge in [0.05, 0.1) is 15.8 Å². The largest absolute Gasteiger partial charge is 0.398 e. The molecule has 0 saturated carbocycles. The number of halogens is 1. The van der Waals surface area contributed by atoms with Gasteiger partial charge in [-0.3, -0.25) is 0 Å². The van der Waals surface area contributed by atoms with Crippen LogP contribution in [0.3, 0.4) is 0 Å². The summed E-state index contributed by atoms with van der Waals surface area (Å²) in [6, 6.07) is 4.48. The summed E-state index contributed by atoms with van der Waals surface area (Å²) < 4.78 is 24.3. The van der Waals surface area contributed by atoms with Crippen molar-refractivity contribution in [2.45, 2.75) is 36.8 Å². The predicted molar refractivity (Wildman–Crippen MR) is 67.4 cm³/mol. The molecule has 0 radical (unpaired) electrons. The third-order valence-corrected chi connectivity index (χ3v) is 5.02. The van der Waals surface area contributed by atoms with Crippen molar-refractivity contribution in [3.8, 4) is 0 Å². The topological polar surface area (TPSA) is 60.2 Å². The van der Waals surface area contributed by atoms with E-state index in [1.54, 1.807) is 13.0 Å². The number of hydrogen-bond acceptors (Lipinski definition) is 3. The van der Waals surface area contributed by atoms with Crippen LogP contribution in [0.5, 0.6) is 0 Å². The minimum atomic E-state index is -3.33. The Bertz CT molecular complexity index is 471. The highest BCUT2D eigenvalue weighted by molar-refractivity contribution is 7.92. The molecular weight excluding hydrogens is 246 g/mol. The molecule has 0 aliphatic rings. The van der Waals surface area contributed by atoms with Gasteiger partial charge in [-0.1, -0.05) is 24.9 Å². The van der Waals surface area contributed by atoms with Crippen molar-refractivity contribution < 1.29 is 8.42 Å². The fraction of sp³-hybridized carbons (Fsp3) is 0.455. The summed E-state index contributed by atoms with van der Waals surface area (Å²) in [7, 11) is -3.33. The summed E-state index contributed by atoms with van der Waals surface area (Å²) >= 11 is 5.73. The van der Waals surface area contributed by atoms with Gasteiger partial charge in [-0.2, -0.15) is 0 Å². The minimum Gasteiger partial charge on any atom is -0.398 e. The van der Waals surface area contributed by atoms with E-state index in [0.717, 1.165) is 6.42 Å². The summed E-state index contributed by atoms with van der Waals surface area (Å²) in [5.74, 6) is 0. The van der Waals surface area contributed by atoms with Gasteiger partial charge < -0.3 is 5.73 Å². The highest BCUT2D eigenvalue weighted by atomic mass is 35.5. The molecule has 0 aliphatic heterocycles. The van der Waals surface area contributed by atoms with Gasteiger partial charge in [0.25, 0.3) is 0 Å². The molecule has 90 valence electrons. The molecule has 2 N–H and O–H groups in total. The number of sulfone groups is 1. The van der Waals surface area contributed by atoms with E-state index in [-0.39, 0.29) is 10.6 Å². The van der Waals surface area contributed by atoms with Crippen LogP contribution in [-0.2, 0) is 9.84 Å². The number of anilines is 1. The van der Waals surface area contributed by atoms with Crippen LogP contribution in [0.15, 0.2) is 23.1 Å². The summed E-state index contributed by atoms with van der Waals surface area (Å²) in [5.41, 5.74) is 5.90. The monoisotopic (exact) mass is 261 g/mol. The molecule has 0 heterocycles. The first-order valence-electron chi connectivity index (χ1n) is 5.18. The van der Waals surface area contributed by atoms with Gasteiger partial charge in [0, 0.05) is 5.02 Å². The van der Waals surface area contributed by atoms with Crippen LogP contribution in [0.2, 0.25) is 5.02 Å². The van der Waals surface area contributed by atoms with Gasteiger partial charge in [0.2, 0.25) is 0 Å². The summed E-state index contributed by atoms with van der Waals surface area (Å²) in [4.78, 5) is 0.179. The second kappa shape index (κ2) is 5.06. The fourth-order valence-electron chi connectivity index (χ4n) is 1.56. The standard InChI is InChI=1S/C11H16ClNO2S/c1-3-4-8(2)16(14,15)11-6-5-9(12)7-10(11)13/h5-8H,3-4,13H2,1-2H3. The van der Waals surface area contributed by atoms with Crippen molar-refractivity contribution in [3.05, 3.63) is 23.2 Å². The maximum Gasteiger partial charge on any atom is 0.182 e. The minimum absolute atomic E-state index is 0.179. The smallest absolute Gasteiger partial charge is 0.182 e. The maximum absolute atomic E-state index is 12.1. The molecule has 3 nitrogen and oxygen atoms in total. The Morgan fingerprint density at radius 3 is 2.56 bits per heavy atom. The molecule has 0 fully saturated rings. The second-order valence-corrected chi connectivity index (χ2v) is 6.60. The van der Waals surface area contributed by atoms with Crippen molar-refractivity contribution in [1.29, 1.82) is 0 Å². The van der Waals surface area contributed by atoms with E-state index < -0.39 is 15.1 Å². The van der Waals surface area contributed by atoms with Crippen molar-refractivity contribution in [3.63, 3.8) is 0 Å². The Hall–Kier alpha value is -0.740. The number of hydrogen-bond donors (Lipinski definition) is 1. The first kappa shape index (κ1) is 13.3. The predicted octanol–water partition coefficient (Wildman–Crippen LogP) is 2.88. The molecule has 0 aromatic heterocycles. The maximum atomic E-state index is 12.1.